The molecule has 0 heterocycles. The second-order valence-electron chi connectivity index (χ2n) is 4.82. The Morgan fingerprint density at radius 1 is 1.14 bits per heavy atom. The molecule has 0 saturated carbocycles. The van der Waals surface area contributed by atoms with Crippen LogP contribution in [-0.2, 0) is 6.42 Å². The summed E-state index contributed by atoms with van der Waals surface area (Å²) in [6, 6.07) is 11.0. The monoisotopic (exact) mass is 337 g/mol. The van der Waals surface area contributed by atoms with Gasteiger partial charge in [-0.2, -0.15) is 0 Å². The zero-order valence-corrected chi connectivity index (χ0v) is 13.1. The minimum absolute atomic E-state index is 0.0772. The van der Waals surface area contributed by atoms with Crippen LogP contribution in [0.3, 0.4) is 0 Å². The summed E-state index contributed by atoms with van der Waals surface area (Å²) in [6.45, 7) is 0. The number of non-ortho nitro benzene ring substituents is 1. The van der Waals surface area contributed by atoms with E-state index in [1.54, 1.807) is 18.2 Å². The minimum Gasteiger partial charge on any atom is -0.294 e. The first kappa shape index (κ1) is 16.5. The lowest BCUT2D eigenvalue weighted by atomic mass is 10.0. The van der Waals surface area contributed by atoms with Crippen LogP contribution in [0.2, 0.25) is 10.0 Å². The predicted octanol–water partition coefficient (Wildman–Crippen LogP) is 5.11. The van der Waals surface area contributed by atoms with Crippen molar-refractivity contribution >= 4 is 34.7 Å². The Morgan fingerprint density at radius 2 is 1.91 bits per heavy atom. The maximum atomic E-state index is 12.1. The fraction of sp³-hybridized carbons (Fsp3) is 0.188. The largest absolute Gasteiger partial charge is 0.294 e. The molecule has 0 aliphatic rings. The molecular formula is C16H13Cl2NO3. The van der Waals surface area contributed by atoms with Gasteiger partial charge < -0.3 is 0 Å². The number of rotatable bonds is 6. The molecule has 2 aromatic rings. The number of hydrogen-bond donors (Lipinski definition) is 0. The molecule has 0 aliphatic heterocycles. The smallest absolute Gasteiger partial charge is 0.270 e. The number of carbonyl (C=O) groups excluding carboxylic acids is 1. The van der Waals surface area contributed by atoms with E-state index in [1.165, 1.54) is 18.2 Å². The lowest BCUT2D eigenvalue weighted by molar-refractivity contribution is -0.384. The summed E-state index contributed by atoms with van der Waals surface area (Å²) < 4.78 is 0. The van der Waals surface area contributed by atoms with Crippen molar-refractivity contribution in [1.29, 1.82) is 0 Å². The Labute approximate surface area is 137 Å². The van der Waals surface area contributed by atoms with Crippen molar-refractivity contribution in [3.05, 3.63) is 73.8 Å². The zero-order valence-electron chi connectivity index (χ0n) is 11.6. The van der Waals surface area contributed by atoms with Gasteiger partial charge >= 0.3 is 0 Å². The van der Waals surface area contributed by atoms with E-state index in [0.29, 0.717) is 34.9 Å². The van der Waals surface area contributed by atoms with Gasteiger partial charge in [0.05, 0.1) is 4.92 Å². The molecule has 0 aliphatic carbocycles. The summed E-state index contributed by atoms with van der Waals surface area (Å²) in [5.41, 5.74) is 1.21. The number of nitro groups is 1. The number of halogens is 2. The molecule has 0 atom stereocenters. The zero-order chi connectivity index (χ0) is 16.1. The van der Waals surface area contributed by atoms with Gasteiger partial charge in [0.2, 0.25) is 0 Å². The van der Waals surface area contributed by atoms with Crippen LogP contribution >= 0.6 is 23.2 Å². The molecule has 0 amide bonds. The molecule has 2 rings (SSSR count). The second-order valence-corrected chi connectivity index (χ2v) is 5.66. The Hall–Kier alpha value is -1.91. The predicted molar refractivity (Wildman–Crippen MR) is 86.8 cm³/mol. The van der Waals surface area contributed by atoms with E-state index in [-0.39, 0.29) is 11.5 Å². The third-order valence-electron chi connectivity index (χ3n) is 3.24. The highest BCUT2D eigenvalue weighted by molar-refractivity contribution is 6.35. The van der Waals surface area contributed by atoms with Gasteiger partial charge in [-0.1, -0.05) is 41.4 Å². The maximum absolute atomic E-state index is 12.1. The molecule has 0 unspecified atom stereocenters. The average molecular weight is 338 g/mol. The van der Waals surface area contributed by atoms with Gasteiger partial charge in [-0.25, -0.2) is 0 Å². The van der Waals surface area contributed by atoms with E-state index < -0.39 is 4.92 Å². The van der Waals surface area contributed by atoms with Gasteiger partial charge in [-0.3, -0.25) is 14.9 Å². The Kier molecular flexibility index (Phi) is 5.52. The van der Waals surface area contributed by atoms with E-state index in [2.05, 4.69) is 0 Å². The molecular weight excluding hydrogens is 325 g/mol. The third kappa shape index (κ3) is 4.29. The number of nitrogens with zero attached hydrogens (tertiary/aromatic N) is 1. The summed E-state index contributed by atoms with van der Waals surface area (Å²) in [5.74, 6) is -0.117. The highest BCUT2D eigenvalue weighted by atomic mass is 35.5. The molecule has 6 heteroatoms. The van der Waals surface area contributed by atoms with Crippen LogP contribution in [0.4, 0.5) is 5.69 Å². The van der Waals surface area contributed by atoms with E-state index in [0.717, 1.165) is 5.56 Å². The molecule has 114 valence electrons. The molecule has 0 N–H and O–H groups in total. The molecule has 0 spiro atoms. The van der Waals surface area contributed by atoms with Crippen LogP contribution in [0.25, 0.3) is 0 Å². The van der Waals surface area contributed by atoms with Gasteiger partial charge in [-0.05, 0) is 30.5 Å². The van der Waals surface area contributed by atoms with E-state index >= 15 is 0 Å². The lowest BCUT2D eigenvalue weighted by Crippen LogP contribution is -2.01. The quantitative estimate of drug-likeness (QED) is 0.418. The van der Waals surface area contributed by atoms with Crippen molar-refractivity contribution in [2.45, 2.75) is 19.3 Å². The van der Waals surface area contributed by atoms with Gasteiger partial charge in [0.15, 0.2) is 5.78 Å². The number of Topliss-reactive ketones (excluding diaryl/α,β-unsaturated/α-hetero) is 1. The fourth-order valence-electron chi connectivity index (χ4n) is 2.10. The van der Waals surface area contributed by atoms with Gasteiger partial charge in [0.25, 0.3) is 5.69 Å². The summed E-state index contributed by atoms with van der Waals surface area (Å²) in [6.07, 6.45) is 1.57. The Morgan fingerprint density at radius 3 is 2.59 bits per heavy atom. The standard InChI is InChI=1S/C16H13Cl2NO3/c17-13-8-7-11(15(18)10-13)3-2-6-16(20)12-4-1-5-14(9-12)19(21)22/h1,4-5,7-10H,2-3,6H2. The molecule has 0 fully saturated rings. The number of benzene rings is 2. The summed E-state index contributed by atoms with van der Waals surface area (Å²) in [5, 5.41) is 11.9. The van der Waals surface area contributed by atoms with Crippen molar-refractivity contribution in [3.8, 4) is 0 Å². The Bertz CT molecular complexity index is 716. The molecule has 22 heavy (non-hydrogen) atoms. The first-order chi connectivity index (χ1) is 10.5. The number of nitro benzene ring substituents is 1. The number of hydrogen-bond acceptors (Lipinski definition) is 3. The van der Waals surface area contributed by atoms with Crippen LogP contribution in [-0.4, -0.2) is 10.7 Å². The number of ketones is 1. The lowest BCUT2D eigenvalue weighted by Gasteiger charge is -2.05. The summed E-state index contributed by atoms with van der Waals surface area (Å²) in [4.78, 5) is 22.3. The van der Waals surface area contributed by atoms with Crippen LogP contribution in [0.1, 0.15) is 28.8 Å². The molecule has 4 nitrogen and oxygen atoms in total. The molecule has 2 aromatic carbocycles. The van der Waals surface area contributed by atoms with Crippen molar-refractivity contribution < 1.29 is 9.72 Å². The van der Waals surface area contributed by atoms with Gasteiger partial charge in [0, 0.05) is 34.2 Å². The molecule has 0 aromatic heterocycles. The average Bonchev–Trinajstić information content (AvgIpc) is 2.49. The third-order valence-corrected chi connectivity index (χ3v) is 3.83. The summed E-state index contributed by atoms with van der Waals surface area (Å²) >= 11 is 11.9. The first-order valence-electron chi connectivity index (χ1n) is 6.69. The van der Waals surface area contributed by atoms with Crippen molar-refractivity contribution in [1.82, 2.24) is 0 Å². The van der Waals surface area contributed by atoms with Crippen LogP contribution < -0.4 is 0 Å². The summed E-state index contributed by atoms with van der Waals surface area (Å²) in [7, 11) is 0. The van der Waals surface area contributed by atoms with Crippen LogP contribution in [0.5, 0.6) is 0 Å². The number of aryl methyl sites for hydroxylation is 1. The van der Waals surface area contributed by atoms with Crippen molar-refractivity contribution in [3.63, 3.8) is 0 Å². The normalized spacial score (nSPS) is 10.5. The highest BCUT2D eigenvalue weighted by Gasteiger charge is 2.11. The molecule has 0 bridgehead atoms. The van der Waals surface area contributed by atoms with Crippen molar-refractivity contribution in [2.75, 3.05) is 0 Å². The van der Waals surface area contributed by atoms with E-state index in [1.807, 2.05) is 6.07 Å². The second kappa shape index (κ2) is 7.38. The number of carbonyl (C=O) groups is 1. The van der Waals surface area contributed by atoms with E-state index in [9.17, 15) is 14.9 Å². The van der Waals surface area contributed by atoms with E-state index in [4.69, 9.17) is 23.2 Å². The SMILES string of the molecule is O=C(CCCc1ccc(Cl)cc1Cl)c1cccc([N+](=O)[O-])c1. The topological polar surface area (TPSA) is 60.2 Å². The maximum Gasteiger partial charge on any atom is 0.270 e. The van der Waals surface area contributed by atoms with Gasteiger partial charge in [-0.15, -0.1) is 0 Å². The van der Waals surface area contributed by atoms with Crippen LogP contribution in [0, 0.1) is 10.1 Å². The van der Waals surface area contributed by atoms with Crippen LogP contribution in [0.15, 0.2) is 42.5 Å². The first-order valence-corrected chi connectivity index (χ1v) is 7.44. The molecule has 0 radical (unpaired) electrons. The van der Waals surface area contributed by atoms with Gasteiger partial charge in [0.1, 0.15) is 0 Å². The fourth-order valence-corrected chi connectivity index (χ4v) is 2.60. The minimum atomic E-state index is -0.510. The highest BCUT2D eigenvalue weighted by Crippen LogP contribution is 2.23. The molecule has 0 saturated heterocycles. The Balaban J connectivity index is 1.95. The van der Waals surface area contributed by atoms with Crippen molar-refractivity contribution in [2.24, 2.45) is 0 Å².